The van der Waals surface area contributed by atoms with Crippen molar-refractivity contribution in [1.82, 2.24) is 20.4 Å². The van der Waals surface area contributed by atoms with E-state index in [4.69, 9.17) is 4.42 Å². The third-order valence-electron chi connectivity index (χ3n) is 4.07. The Labute approximate surface area is 124 Å². The molecule has 1 saturated heterocycles. The van der Waals surface area contributed by atoms with Crippen LogP contribution in [-0.2, 0) is 4.79 Å². The van der Waals surface area contributed by atoms with Gasteiger partial charge in [0.2, 0.25) is 11.8 Å². The van der Waals surface area contributed by atoms with Gasteiger partial charge in [-0.15, -0.1) is 5.10 Å². The number of rotatable bonds is 7. The Morgan fingerprint density at radius 1 is 1.43 bits per heavy atom. The van der Waals surface area contributed by atoms with Crippen molar-refractivity contribution >= 4 is 11.9 Å². The second-order valence-corrected chi connectivity index (χ2v) is 5.89. The van der Waals surface area contributed by atoms with Crippen molar-refractivity contribution in [2.24, 2.45) is 0 Å². The van der Waals surface area contributed by atoms with Gasteiger partial charge in [0.15, 0.2) is 0 Å². The molecule has 0 spiro atoms. The summed E-state index contributed by atoms with van der Waals surface area (Å²) in [4.78, 5) is 14.2. The van der Waals surface area contributed by atoms with E-state index in [1.54, 1.807) is 0 Å². The highest BCUT2D eigenvalue weighted by Gasteiger charge is 2.29. The summed E-state index contributed by atoms with van der Waals surface area (Å²) in [6.45, 7) is 5.26. The van der Waals surface area contributed by atoms with Crippen LogP contribution in [0.1, 0.15) is 44.4 Å². The lowest BCUT2D eigenvalue weighted by Gasteiger charge is -2.23. The largest absolute Gasteiger partial charge is 0.408 e. The van der Waals surface area contributed by atoms with Crippen LogP contribution in [0.5, 0.6) is 0 Å². The lowest BCUT2D eigenvalue weighted by Crippen LogP contribution is -2.41. The van der Waals surface area contributed by atoms with E-state index in [1.807, 2.05) is 0 Å². The normalized spacial score (nSPS) is 21.9. The zero-order valence-corrected chi connectivity index (χ0v) is 12.5. The fraction of sp³-hybridized carbons (Fsp3) is 0.786. The van der Waals surface area contributed by atoms with E-state index in [9.17, 15) is 4.79 Å². The van der Waals surface area contributed by atoms with E-state index >= 15 is 0 Å². The van der Waals surface area contributed by atoms with Crippen molar-refractivity contribution in [2.75, 3.05) is 31.5 Å². The lowest BCUT2D eigenvalue weighted by molar-refractivity contribution is -0.117. The van der Waals surface area contributed by atoms with E-state index in [-0.39, 0.29) is 11.9 Å². The second-order valence-electron chi connectivity index (χ2n) is 5.89. The van der Waals surface area contributed by atoms with E-state index in [0.29, 0.717) is 24.4 Å². The molecule has 1 saturated carbocycles. The monoisotopic (exact) mass is 293 g/mol. The maximum absolute atomic E-state index is 12.0. The number of aromatic nitrogens is 2. The van der Waals surface area contributed by atoms with Crippen molar-refractivity contribution in [3.63, 3.8) is 0 Å². The van der Waals surface area contributed by atoms with Crippen molar-refractivity contribution < 1.29 is 9.21 Å². The first kappa shape index (κ1) is 14.5. The molecule has 116 valence electrons. The molecule has 0 aromatic carbocycles. The Bertz CT molecular complexity index is 479. The molecule has 1 unspecified atom stereocenters. The van der Waals surface area contributed by atoms with Crippen LogP contribution in [0.25, 0.3) is 0 Å². The molecule has 21 heavy (non-hydrogen) atoms. The second kappa shape index (κ2) is 6.53. The zero-order valence-electron chi connectivity index (χ0n) is 12.5. The molecule has 2 N–H and O–H groups in total. The lowest BCUT2D eigenvalue weighted by atomic mass is 10.2. The number of hydrogen-bond acceptors (Lipinski definition) is 6. The molecule has 7 nitrogen and oxygen atoms in total. The average Bonchev–Trinajstić information content (AvgIpc) is 3.00. The van der Waals surface area contributed by atoms with Crippen LogP contribution in [0, 0.1) is 0 Å². The van der Waals surface area contributed by atoms with Gasteiger partial charge in [-0.3, -0.25) is 15.0 Å². The molecule has 2 heterocycles. The highest BCUT2D eigenvalue weighted by atomic mass is 16.4. The molecule has 1 aliphatic heterocycles. The maximum atomic E-state index is 12.0. The van der Waals surface area contributed by atoms with Gasteiger partial charge >= 0.3 is 6.01 Å². The number of likely N-dealkylation sites (N-methyl/N-ethyl adjacent to an activating group) is 1. The third kappa shape index (κ3) is 4.01. The first-order valence-electron chi connectivity index (χ1n) is 7.83. The number of amides is 1. The molecule has 1 aromatic heterocycles. The molecule has 1 amide bonds. The minimum absolute atomic E-state index is 0.0964. The highest BCUT2D eigenvalue weighted by Crippen LogP contribution is 2.39. The number of carbonyl (C=O) groups is 1. The van der Waals surface area contributed by atoms with E-state index in [1.165, 1.54) is 12.8 Å². The van der Waals surface area contributed by atoms with Crippen LogP contribution in [0.15, 0.2) is 4.42 Å². The number of carbonyl (C=O) groups excluding carboxylic acids is 1. The number of hydrogen-bond donors (Lipinski definition) is 2. The first-order valence-corrected chi connectivity index (χ1v) is 7.83. The van der Waals surface area contributed by atoms with Crippen molar-refractivity contribution in [3.05, 3.63) is 5.89 Å². The Morgan fingerprint density at radius 3 is 2.95 bits per heavy atom. The van der Waals surface area contributed by atoms with E-state index in [2.05, 4.69) is 32.7 Å². The molecule has 0 radical (unpaired) electrons. The van der Waals surface area contributed by atoms with Gasteiger partial charge in [-0.05, 0) is 38.8 Å². The average molecular weight is 293 g/mol. The van der Waals surface area contributed by atoms with Gasteiger partial charge in [-0.2, -0.15) is 0 Å². The molecule has 1 atom stereocenters. The van der Waals surface area contributed by atoms with Crippen molar-refractivity contribution in [2.45, 2.75) is 44.6 Å². The molecule has 7 heteroatoms. The summed E-state index contributed by atoms with van der Waals surface area (Å²) in [7, 11) is 0. The Balaban J connectivity index is 1.46. The number of nitrogens with zero attached hydrogens (tertiary/aromatic N) is 3. The predicted octanol–water partition coefficient (Wildman–Crippen LogP) is 0.959. The predicted molar refractivity (Wildman–Crippen MR) is 78.0 cm³/mol. The summed E-state index contributed by atoms with van der Waals surface area (Å²) < 4.78 is 5.44. The molecule has 1 aliphatic carbocycles. The van der Waals surface area contributed by atoms with Gasteiger partial charge in [-0.1, -0.05) is 12.0 Å². The van der Waals surface area contributed by atoms with Crippen LogP contribution in [-0.4, -0.2) is 53.2 Å². The summed E-state index contributed by atoms with van der Waals surface area (Å²) in [5.41, 5.74) is 0. The molecule has 3 rings (SSSR count). The molecular formula is C14H23N5O2. The highest BCUT2D eigenvalue weighted by molar-refractivity contribution is 5.90. The minimum Gasteiger partial charge on any atom is -0.408 e. The molecular weight excluding hydrogens is 270 g/mol. The van der Waals surface area contributed by atoms with Crippen molar-refractivity contribution in [3.8, 4) is 0 Å². The number of nitrogens with one attached hydrogen (secondary N) is 2. The third-order valence-corrected chi connectivity index (χ3v) is 4.07. The first-order chi connectivity index (χ1) is 10.2. The molecule has 0 bridgehead atoms. The van der Waals surface area contributed by atoms with Gasteiger partial charge < -0.3 is 9.73 Å². The fourth-order valence-electron chi connectivity index (χ4n) is 2.67. The molecule has 1 aromatic rings. The van der Waals surface area contributed by atoms with E-state index < -0.39 is 0 Å². The Hall–Kier alpha value is -1.47. The smallest absolute Gasteiger partial charge is 0.322 e. The molecule has 2 aliphatic rings. The summed E-state index contributed by atoms with van der Waals surface area (Å²) in [6, 6.07) is 0.722. The summed E-state index contributed by atoms with van der Waals surface area (Å²) in [5, 5.41) is 14.0. The van der Waals surface area contributed by atoms with Gasteiger partial charge in [-0.25, -0.2) is 0 Å². The number of anilines is 1. The molecule has 2 fully saturated rings. The zero-order chi connectivity index (χ0) is 14.7. The van der Waals surface area contributed by atoms with E-state index in [0.717, 1.165) is 32.5 Å². The van der Waals surface area contributed by atoms with Gasteiger partial charge in [0.1, 0.15) is 0 Å². The Kier molecular flexibility index (Phi) is 4.50. The van der Waals surface area contributed by atoms with Crippen LogP contribution < -0.4 is 10.6 Å². The van der Waals surface area contributed by atoms with Gasteiger partial charge in [0, 0.05) is 18.5 Å². The summed E-state index contributed by atoms with van der Waals surface area (Å²) >= 11 is 0. The topological polar surface area (TPSA) is 83.3 Å². The minimum atomic E-state index is -0.0964. The summed E-state index contributed by atoms with van der Waals surface area (Å²) in [6.07, 6.45) is 4.62. The van der Waals surface area contributed by atoms with Crippen molar-refractivity contribution in [1.29, 1.82) is 0 Å². The summed E-state index contributed by atoms with van der Waals surface area (Å²) in [5.74, 6) is 0.956. The van der Waals surface area contributed by atoms with Gasteiger partial charge in [0.25, 0.3) is 0 Å². The standard InChI is InChI=1S/C14H23N5O2/c1-2-19(8-11-4-3-7-15-11)9-12(20)16-14-18-17-13(21-14)10-5-6-10/h10-11,15H,2-9H2,1H3,(H,16,18,20). The Morgan fingerprint density at radius 2 is 2.29 bits per heavy atom. The quantitative estimate of drug-likeness (QED) is 0.779. The maximum Gasteiger partial charge on any atom is 0.322 e. The fourth-order valence-corrected chi connectivity index (χ4v) is 2.67. The van der Waals surface area contributed by atoms with Crippen LogP contribution in [0.2, 0.25) is 0 Å². The van der Waals surface area contributed by atoms with Gasteiger partial charge in [0.05, 0.1) is 6.54 Å². The van der Waals surface area contributed by atoms with Crippen LogP contribution >= 0.6 is 0 Å². The van der Waals surface area contributed by atoms with Crippen LogP contribution in [0.4, 0.5) is 6.01 Å². The van der Waals surface area contributed by atoms with Crippen LogP contribution in [0.3, 0.4) is 0 Å². The SMILES string of the molecule is CCN(CC(=O)Nc1nnc(C2CC2)o1)CC1CCCN1.